The van der Waals surface area contributed by atoms with Crippen LogP contribution in [0.4, 0.5) is 0 Å². The average molecular weight is 396 g/mol. The Balaban J connectivity index is 1.46. The molecule has 0 atom stereocenters. The summed E-state index contributed by atoms with van der Waals surface area (Å²) in [6, 6.07) is 16.4. The van der Waals surface area contributed by atoms with Crippen molar-refractivity contribution in [2.75, 3.05) is 0 Å². The molecule has 1 aliphatic rings. The zero-order valence-electron chi connectivity index (χ0n) is 16.0. The molecule has 1 amide bonds. The lowest BCUT2D eigenvalue weighted by molar-refractivity contribution is -0.122. The molecule has 0 unspecified atom stereocenters. The molecule has 0 spiro atoms. The van der Waals surface area contributed by atoms with Gasteiger partial charge in [0.05, 0.1) is 5.52 Å². The van der Waals surface area contributed by atoms with E-state index in [9.17, 15) is 4.79 Å². The van der Waals surface area contributed by atoms with Crippen molar-refractivity contribution in [2.24, 2.45) is 0 Å². The lowest BCUT2D eigenvalue weighted by Crippen LogP contribution is -2.36. The summed E-state index contributed by atoms with van der Waals surface area (Å²) in [6.45, 7) is 0.711. The summed E-state index contributed by atoms with van der Waals surface area (Å²) in [5.41, 5.74) is 3.06. The third-order valence-electron chi connectivity index (χ3n) is 5.50. The smallest absolute Gasteiger partial charge is 0.220 e. The molecule has 0 saturated heterocycles. The van der Waals surface area contributed by atoms with Crippen LogP contribution in [0.3, 0.4) is 0 Å². The fraction of sp³-hybridized carbons (Fsp3) is 0.391. The molecule has 1 saturated carbocycles. The van der Waals surface area contributed by atoms with Crippen LogP contribution in [0.25, 0.3) is 22.2 Å². The maximum Gasteiger partial charge on any atom is 0.220 e. The number of halogens is 1. The number of benzene rings is 2. The first-order valence-corrected chi connectivity index (χ1v) is 10.6. The number of nitrogens with one attached hydrogen (secondary N) is 1. The van der Waals surface area contributed by atoms with E-state index in [1.807, 2.05) is 41.1 Å². The Hall–Kier alpha value is -2.33. The Bertz CT molecular complexity index is 945. The average Bonchev–Trinajstić information content (AvgIpc) is 3.07. The summed E-state index contributed by atoms with van der Waals surface area (Å²) >= 11 is 6.24. The Labute approximate surface area is 170 Å². The Kier molecular flexibility index (Phi) is 5.96. The molecule has 0 bridgehead atoms. The highest BCUT2D eigenvalue weighted by Crippen LogP contribution is 2.30. The molecule has 4 rings (SSSR count). The fourth-order valence-corrected chi connectivity index (χ4v) is 4.24. The number of rotatable bonds is 6. The molecule has 4 nitrogen and oxygen atoms in total. The van der Waals surface area contributed by atoms with Crippen molar-refractivity contribution in [2.45, 2.75) is 57.5 Å². The van der Waals surface area contributed by atoms with Crippen LogP contribution in [0.2, 0.25) is 5.02 Å². The van der Waals surface area contributed by atoms with Crippen molar-refractivity contribution in [1.29, 1.82) is 0 Å². The minimum atomic E-state index is 0.162. The number of hydrogen-bond donors (Lipinski definition) is 1. The van der Waals surface area contributed by atoms with E-state index in [2.05, 4.69) is 17.4 Å². The number of aryl methyl sites for hydroxylation is 1. The Morgan fingerprint density at radius 1 is 1.11 bits per heavy atom. The first-order chi connectivity index (χ1) is 13.7. The van der Waals surface area contributed by atoms with E-state index in [0.717, 1.165) is 41.4 Å². The largest absolute Gasteiger partial charge is 0.353 e. The minimum Gasteiger partial charge on any atom is -0.353 e. The number of hydrogen-bond acceptors (Lipinski definition) is 2. The second kappa shape index (κ2) is 8.78. The fourth-order valence-electron chi connectivity index (χ4n) is 4.07. The molecule has 3 aromatic rings. The highest BCUT2D eigenvalue weighted by Gasteiger charge is 2.16. The van der Waals surface area contributed by atoms with Gasteiger partial charge in [0.1, 0.15) is 5.69 Å². The van der Waals surface area contributed by atoms with Crippen molar-refractivity contribution in [3.63, 3.8) is 0 Å². The first-order valence-electron chi connectivity index (χ1n) is 10.2. The zero-order valence-corrected chi connectivity index (χ0v) is 16.8. The normalized spacial score (nSPS) is 15.0. The number of amides is 1. The van der Waals surface area contributed by atoms with E-state index >= 15 is 0 Å². The predicted octanol–water partition coefficient (Wildman–Crippen LogP) is 5.59. The van der Waals surface area contributed by atoms with E-state index in [0.29, 0.717) is 24.0 Å². The number of carbonyl (C=O) groups excluding carboxylic acids is 1. The quantitative estimate of drug-likeness (QED) is 0.591. The van der Waals surface area contributed by atoms with Gasteiger partial charge in [0.25, 0.3) is 0 Å². The van der Waals surface area contributed by atoms with Crippen LogP contribution >= 0.6 is 11.6 Å². The molecule has 5 heteroatoms. The number of carbonyl (C=O) groups is 1. The lowest BCUT2D eigenvalue weighted by atomic mass is 9.95. The summed E-state index contributed by atoms with van der Waals surface area (Å²) in [5.74, 6) is 0.162. The van der Waals surface area contributed by atoms with E-state index in [1.165, 1.54) is 19.3 Å². The predicted molar refractivity (Wildman–Crippen MR) is 114 cm³/mol. The van der Waals surface area contributed by atoms with Gasteiger partial charge in [-0.05, 0) is 37.5 Å². The number of fused-ring (bicyclic) bond motifs is 1. The van der Waals surface area contributed by atoms with Gasteiger partial charge in [-0.25, -0.2) is 0 Å². The summed E-state index contributed by atoms with van der Waals surface area (Å²) in [7, 11) is 0. The summed E-state index contributed by atoms with van der Waals surface area (Å²) in [4.78, 5) is 12.3. The maximum atomic E-state index is 12.3. The first kappa shape index (κ1) is 19.0. The van der Waals surface area contributed by atoms with E-state index in [-0.39, 0.29) is 5.91 Å². The Morgan fingerprint density at radius 2 is 1.89 bits per heavy atom. The molecule has 28 heavy (non-hydrogen) atoms. The van der Waals surface area contributed by atoms with Gasteiger partial charge in [0, 0.05) is 35.0 Å². The highest BCUT2D eigenvalue weighted by atomic mass is 35.5. The molecule has 1 fully saturated rings. The summed E-state index contributed by atoms with van der Waals surface area (Å²) in [5, 5.41) is 9.79. The van der Waals surface area contributed by atoms with E-state index < -0.39 is 0 Å². The van der Waals surface area contributed by atoms with Crippen LogP contribution in [-0.2, 0) is 11.3 Å². The van der Waals surface area contributed by atoms with Gasteiger partial charge in [-0.3, -0.25) is 9.48 Å². The van der Waals surface area contributed by atoms with Gasteiger partial charge >= 0.3 is 0 Å². The molecule has 0 aliphatic heterocycles. The topological polar surface area (TPSA) is 46.9 Å². The van der Waals surface area contributed by atoms with Crippen molar-refractivity contribution >= 4 is 28.4 Å². The molecule has 146 valence electrons. The minimum absolute atomic E-state index is 0.162. The zero-order chi connectivity index (χ0) is 19.3. The standard InChI is InChI=1S/C23H26ClN3O/c24-18-13-14-21-20(16-18)23(17-8-3-1-4-9-17)26-27(21)15-7-12-22(28)25-19-10-5-2-6-11-19/h1,3-4,8-9,13-14,16,19H,2,5-7,10-12,15H2,(H,25,28). The van der Waals surface area contributed by atoms with Crippen LogP contribution < -0.4 is 5.32 Å². The SMILES string of the molecule is O=C(CCCn1nc(-c2ccccc2)c2cc(Cl)ccc21)NC1CCCCC1. The van der Waals surface area contributed by atoms with Gasteiger partial charge < -0.3 is 5.32 Å². The molecular formula is C23H26ClN3O. The lowest BCUT2D eigenvalue weighted by Gasteiger charge is -2.22. The molecule has 1 heterocycles. The van der Waals surface area contributed by atoms with Crippen molar-refractivity contribution in [3.8, 4) is 11.3 Å². The third kappa shape index (κ3) is 4.39. The third-order valence-corrected chi connectivity index (χ3v) is 5.74. The van der Waals surface area contributed by atoms with Gasteiger partial charge in [-0.1, -0.05) is 61.2 Å². The van der Waals surface area contributed by atoms with Crippen LogP contribution in [0.5, 0.6) is 0 Å². The number of nitrogens with zero attached hydrogens (tertiary/aromatic N) is 2. The molecule has 2 aromatic carbocycles. The van der Waals surface area contributed by atoms with E-state index in [1.54, 1.807) is 0 Å². The highest BCUT2D eigenvalue weighted by molar-refractivity contribution is 6.31. The second-order valence-corrected chi connectivity index (χ2v) is 8.04. The molecule has 1 N–H and O–H groups in total. The molecule has 0 radical (unpaired) electrons. The van der Waals surface area contributed by atoms with E-state index in [4.69, 9.17) is 16.7 Å². The van der Waals surface area contributed by atoms with Crippen LogP contribution in [0.15, 0.2) is 48.5 Å². The second-order valence-electron chi connectivity index (χ2n) is 7.61. The van der Waals surface area contributed by atoms with Gasteiger partial charge in [0.15, 0.2) is 0 Å². The van der Waals surface area contributed by atoms with Gasteiger partial charge in [-0.2, -0.15) is 5.10 Å². The molecule has 1 aromatic heterocycles. The van der Waals surface area contributed by atoms with Gasteiger partial charge in [0.2, 0.25) is 5.91 Å². The maximum absolute atomic E-state index is 12.3. The monoisotopic (exact) mass is 395 g/mol. The van der Waals surface area contributed by atoms with Crippen molar-refractivity contribution < 1.29 is 4.79 Å². The van der Waals surface area contributed by atoms with Crippen molar-refractivity contribution in [1.82, 2.24) is 15.1 Å². The number of aromatic nitrogens is 2. The van der Waals surface area contributed by atoms with Crippen molar-refractivity contribution in [3.05, 3.63) is 53.6 Å². The molecular weight excluding hydrogens is 370 g/mol. The summed E-state index contributed by atoms with van der Waals surface area (Å²) in [6.07, 6.45) is 7.31. The van der Waals surface area contributed by atoms with Crippen LogP contribution in [0, 0.1) is 0 Å². The van der Waals surface area contributed by atoms with Crippen LogP contribution in [-0.4, -0.2) is 21.7 Å². The molecule has 1 aliphatic carbocycles. The van der Waals surface area contributed by atoms with Gasteiger partial charge in [-0.15, -0.1) is 0 Å². The summed E-state index contributed by atoms with van der Waals surface area (Å²) < 4.78 is 2.00. The van der Waals surface area contributed by atoms with Crippen LogP contribution in [0.1, 0.15) is 44.9 Å². The Morgan fingerprint density at radius 3 is 2.68 bits per heavy atom.